The Balaban J connectivity index is 1.64. The third kappa shape index (κ3) is 4.64. The van der Waals surface area contributed by atoms with E-state index in [0.717, 1.165) is 31.7 Å². The Bertz CT molecular complexity index is 412. The lowest BCUT2D eigenvalue weighted by Crippen LogP contribution is -2.41. The number of nitrogens with zero attached hydrogens (tertiary/aromatic N) is 1. The number of hydrogen-bond donors (Lipinski definition) is 2. The Morgan fingerprint density at radius 1 is 1.15 bits per heavy atom. The van der Waals surface area contributed by atoms with Crippen LogP contribution in [0.2, 0.25) is 0 Å². The van der Waals surface area contributed by atoms with E-state index in [9.17, 15) is 4.79 Å². The predicted molar refractivity (Wildman–Crippen MR) is 79.8 cm³/mol. The predicted octanol–water partition coefficient (Wildman–Crippen LogP) is 2.23. The van der Waals surface area contributed by atoms with Crippen LogP contribution in [-0.4, -0.2) is 37.2 Å². The van der Waals surface area contributed by atoms with Crippen LogP contribution in [0.3, 0.4) is 0 Å². The summed E-state index contributed by atoms with van der Waals surface area (Å²) < 4.78 is 5.53. The lowest BCUT2D eigenvalue weighted by atomic mass is 10.2. The van der Waals surface area contributed by atoms with Crippen molar-refractivity contribution in [2.45, 2.75) is 25.7 Å². The van der Waals surface area contributed by atoms with Gasteiger partial charge in [-0.05, 0) is 37.1 Å². The molecule has 5 nitrogen and oxygen atoms in total. The van der Waals surface area contributed by atoms with Crippen molar-refractivity contribution in [3.8, 4) is 5.75 Å². The topological polar surface area (TPSA) is 67.6 Å². The van der Waals surface area contributed by atoms with E-state index >= 15 is 0 Å². The Hall–Kier alpha value is -1.91. The number of carbonyl (C=O) groups is 1. The molecule has 0 aromatic heterocycles. The fraction of sp³-hybridized carbons (Fsp3) is 0.533. The Kier molecular flexibility index (Phi) is 5.53. The number of nitrogens with one attached hydrogen (secondary N) is 1. The molecule has 2 rings (SSSR count). The molecule has 1 aliphatic heterocycles. The minimum absolute atomic E-state index is 0.0211. The normalized spacial score (nSPS) is 15.5. The summed E-state index contributed by atoms with van der Waals surface area (Å²) in [6, 6.07) is 7.27. The van der Waals surface area contributed by atoms with Crippen molar-refractivity contribution >= 4 is 11.7 Å². The lowest BCUT2D eigenvalue weighted by molar-refractivity contribution is 0.196. The molecule has 0 spiro atoms. The zero-order valence-electron chi connectivity index (χ0n) is 11.8. The van der Waals surface area contributed by atoms with Gasteiger partial charge >= 0.3 is 6.03 Å². The lowest BCUT2D eigenvalue weighted by Gasteiger charge is -2.20. The Labute approximate surface area is 120 Å². The molecule has 0 bridgehead atoms. The van der Waals surface area contributed by atoms with E-state index < -0.39 is 0 Å². The second-order valence-corrected chi connectivity index (χ2v) is 5.05. The maximum Gasteiger partial charge on any atom is 0.317 e. The molecule has 2 amide bonds. The van der Waals surface area contributed by atoms with Gasteiger partial charge in [-0.2, -0.15) is 0 Å². The number of carbonyl (C=O) groups excluding carboxylic acids is 1. The first kappa shape index (κ1) is 14.5. The largest absolute Gasteiger partial charge is 0.492 e. The van der Waals surface area contributed by atoms with Gasteiger partial charge in [-0.1, -0.05) is 12.8 Å². The SMILES string of the molecule is Nc1ccc(OCCNC(=O)N2CCCCCC2)cc1. The third-order valence-corrected chi connectivity index (χ3v) is 3.42. The molecular weight excluding hydrogens is 254 g/mol. The second kappa shape index (κ2) is 7.62. The van der Waals surface area contributed by atoms with Crippen molar-refractivity contribution < 1.29 is 9.53 Å². The summed E-state index contributed by atoms with van der Waals surface area (Å²) in [7, 11) is 0. The summed E-state index contributed by atoms with van der Waals surface area (Å²) in [5.74, 6) is 0.767. The molecule has 1 aromatic rings. The number of nitrogens with two attached hydrogens (primary N) is 1. The van der Waals surface area contributed by atoms with Crippen molar-refractivity contribution in [2.75, 3.05) is 32.0 Å². The first-order chi connectivity index (χ1) is 9.75. The number of likely N-dealkylation sites (tertiary alicyclic amines) is 1. The molecule has 20 heavy (non-hydrogen) atoms. The zero-order valence-corrected chi connectivity index (χ0v) is 11.8. The fourth-order valence-corrected chi connectivity index (χ4v) is 2.28. The van der Waals surface area contributed by atoms with Crippen molar-refractivity contribution in [3.63, 3.8) is 0 Å². The Morgan fingerprint density at radius 3 is 2.45 bits per heavy atom. The van der Waals surface area contributed by atoms with E-state index in [1.54, 1.807) is 12.1 Å². The Morgan fingerprint density at radius 2 is 1.80 bits per heavy atom. The monoisotopic (exact) mass is 277 g/mol. The molecule has 0 unspecified atom stereocenters. The average Bonchev–Trinajstić information content (AvgIpc) is 2.74. The van der Waals surface area contributed by atoms with E-state index in [4.69, 9.17) is 10.5 Å². The van der Waals surface area contributed by atoms with Crippen LogP contribution in [-0.2, 0) is 0 Å². The van der Waals surface area contributed by atoms with Crippen molar-refractivity contribution in [3.05, 3.63) is 24.3 Å². The number of hydrogen-bond acceptors (Lipinski definition) is 3. The molecule has 1 aliphatic rings. The number of urea groups is 1. The van der Waals surface area contributed by atoms with E-state index in [1.165, 1.54) is 12.8 Å². The number of benzene rings is 1. The summed E-state index contributed by atoms with van der Waals surface area (Å²) >= 11 is 0. The molecule has 0 atom stereocenters. The van der Waals surface area contributed by atoms with Gasteiger partial charge in [0.1, 0.15) is 12.4 Å². The third-order valence-electron chi connectivity index (χ3n) is 3.42. The van der Waals surface area contributed by atoms with Gasteiger partial charge in [-0.3, -0.25) is 0 Å². The highest BCUT2D eigenvalue weighted by Gasteiger charge is 2.14. The highest BCUT2D eigenvalue weighted by atomic mass is 16.5. The van der Waals surface area contributed by atoms with Crippen LogP contribution >= 0.6 is 0 Å². The minimum atomic E-state index is 0.0211. The van der Waals surface area contributed by atoms with E-state index in [2.05, 4.69) is 5.32 Å². The maximum atomic E-state index is 11.9. The molecular formula is C15H23N3O2. The van der Waals surface area contributed by atoms with Crippen LogP contribution in [0.25, 0.3) is 0 Å². The second-order valence-electron chi connectivity index (χ2n) is 5.05. The van der Waals surface area contributed by atoms with E-state index in [0.29, 0.717) is 18.8 Å². The summed E-state index contributed by atoms with van der Waals surface area (Å²) in [5, 5.41) is 2.90. The van der Waals surface area contributed by atoms with Crippen molar-refractivity contribution in [2.24, 2.45) is 0 Å². The first-order valence-corrected chi connectivity index (χ1v) is 7.27. The molecule has 1 aromatic carbocycles. The van der Waals surface area contributed by atoms with Crippen LogP contribution in [0.5, 0.6) is 5.75 Å². The van der Waals surface area contributed by atoms with Crippen LogP contribution in [0.15, 0.2) is 24.3 Å². The summed E-state index contributed by atoms with van der Waals surface area (Å²) in [4.78, 5) is 13.8. The number of nitrogen functional groups attached to an aromatic ring is 1. The maximum absolute atomic E-state index is 11.9. The van der Waals surface area contributed by atoms with Gasteiger partial charge < -0.3 is 20.7 Å². The van der Waals surface area contributed by atoms with E-state index in [1.807, 2.05) is 17.0 Å². The van der Waals surface area contributed by atoms with Crippen LogP contribution < -0.4 is 15.8 Å². The quantitative estimate of drug-likeness (QED) is 0.655. The number of rotatable bonds is 4. The summed E-state index contributed by atoms with van der Waals surface area (Å²) in [6.07, 6.45) is 4.67. The summed E-state index contributed by atoms with van der Waals surface area (Å²) in [5.41, 5.74) is 6.31. The number of amides is 2. The molecule has 110 valence electrons. The van der Waals surface area contributed by atoms with Gasteiger partial charge in [0.05, 0.1) is 6.54 Å². The van der Waals surface area contributed by atoms with Crippen LogP contribution in [0.4, 0.5) is 10.5 Å². The molecule has 1 heterocycles. The standard InChI is InChI=1S/C15H23N3O2/c16-13-5-7-14(8-6-13)20-12-9-17-15(19)18-10-3-1-2-4-11-18/h5-8H,1-4,9-12,16H2,(H,17,19). The molecule has 0 radical (unpaired) electrons. The molecule has 3 N–H and O–H groups in total. The molecule has 5 heteroatoms. The highest BCUT2D eigenvalue weighted by Crippen LogP contribution is 2.12. The molecule has 0 aliphatic carbocycles. The molecule has 1 fully saturated rings. The van der Waals surface area contributed by atoms with Gasteiger partial charge in [0, 0.05) is 18.8 Å². The van der Waals surface area contributed by atoms with Gasteiger partial charge in [-0.15, -0.1) is 0 Å². The van der Waals surface area contributed by atoms with Crippen LogP contribution in [0.1, 0.15) is 25.7 Å². The van der Waals surface area contributed by atoms with Crippen LogP contribution in [0, 0.1) is 0 Å². The van der Waals surface area contributed by atoms with E-state index in [-0.39, 0.29) is 6.03 Å². The number of anilines is 1. The van der Waals surface area contributed by atoms with Crippen molar-refractivity contribution in [1.82, 2.24) is 10.2 Å². The molecule has 1 saturated heterocycles. The zero-order chi connectivity index (χ0) is 14.2. The highest BCUT2D eigenvalue weighted by molar-refractivity contribution is 5.74. The van der Waals surface area contributed by atoms with Gasteiger partial charge in [0.25, 0.3) is 0 Å². The molecule has 0 saturated carbocycles. The van der Waals surface area contributed by atoms with Gasteiger partial charge in [0.15, 0.2) is 0 Å². The first-order valence-electron chi connectivity index (χ1n) is 7.27. The average molecular weight is 277 g/mol. The minimum Gasteiger partial charge on any atom is -0.492 e. The fourth-order valence-electron chi connectivity index (χ4n) is 2.28. The van der Waals surface area contributed by atoms with Gasteiger partial charge in [0.2, 0.25) is 0 Å². The van der Waals surface area contributed by atoms with Gasteiger partial charge in [-0.25, -0.2) is 4.79 Å². The summed E-state index contributed by atoms with van der Waals surface area (Å²) in [6.45, 7) is 2.71. The van der Waals surface area contributed by atoms with Crippen molar-refractivity contribution in [1.29, 1.82) is 0 Å². The smallest absolute Gasteiger partial charge is 0.317 e. The number of ether oxygens (including phenoxy) is 1.